The number of ether oxygens (including phenoxy) is 3. The lowest BCUT2D eigenvalue weighted by Gasteiger charge is -2.59. The number of unbranched alkanes of at least 4 members (excludes halogenated alkanes) is 2. The summed E-state index contributed by atoms with van der Waals surface area (Å²) in [5.41, 5.74) is 3.72. The van der Waals surface area contributed by atoms with Gasteiger partial charge in [0.25, 0.3) is 11.4 Å². The van der Waals surface area contributed by atoms with Crippen LogP contribution in [0.5, 0.6) is 17.2 Å². The molecule has 2 aliphatic carbocycles. The number of benzene rings is 4. The lowest BCUT2D eigenvalue weighted by Crippen LogP contribution is -2.69. The summed E-state index contributed by atoms with van der Waals surface area (Å²) in [6.07, 6.45) is 11.7. The van der Waals surface area contributed by atoms with Crippen molar-refractivity contribution in [1.82, 2.24) is 4.90 Å². The van der Waals surface area contributed by atoms with Gasteiger partial charge in [-0.25, -0.2) is 0 Å². The third kappa shape index (κ3) is 10.8. The van der Waals surface area contributed by atoms with Crippen molar-refractivity contribution in [2.75, 3.05) is 26.9 Å². The van der Waals surface area contributed by atoms with Crippen molar-refractivity contribution in [2.45, 2.75) is 69.3 Å². The quantitative estimate of drug-likeness (QED) is 0.0189. The number of carbonyl (C=O) groups excluding carboxylic acids is 2. The summed E-state index contributed by atoms with van der Waals surface area (Å²) < 4.78 is 20.6. The highest BCUT2D eigenvalue weighted by atomic mass is 16.7. The summed E-state index contributed by atoms with van der Waals surface area (Å²) in [7, 11) is 1.66. The van der Waals surface area contributed by atoms with Crippen molar-refractivity contribution in [3.63, 3.8) is 0 Å². The molecule has 1 fully saturated rings. The molecule has 4 aromatic rings. The van der Waals surface area contributed by atoms with Crippen LogP contribution in [0.2, 0.25) is 0 Å². The second-order valence-electron chi connectivity index (χ2n) is 16.9. The maximum absolute atomic E-state index is 14.4. The highest BCUT2D eigenvalue weighted by molar-refractivity contribution is 6.03. The van der Waals surface area contributed by atoms with E-state index in [1.807, 2.05) is 12.1 Å². The Kier molecular flexibility index (Phi) is 15.7. The number of hydrogen-bond donors (Lipinski definition) is 2. The van der Waals surface area contributed by atoms with Crippen molar-refractivity contribution >= 4 is 35.4 Å². The molecule has 3 aliphatic rings. The van der Waals surface area contributed by atoms with Crippen LogP contribution in [0.15, 0.2) is 127 Å². The second kappa shape index (κ2) is 22.0. The van der Waals surface area contributed by atoms with E-state index in [1.54, 1.807) is 78.7 Å². The molecule has 16 heteroatoms. The van der Waals surface area contributed by atoms with Crippen molar-refractivity contribution in [2.24, 2.45) is 22.9 Å². The Bertz CT molecular complexity index is 2520. The number of aliphatic hydroxyl groups is 2. The van der Waals surface area contributed by atoms with E-state index in [9.17, 15) is 40.0 Å². The van der Waals surface area contributed by atoms with Gasteiger partial charge in [0.2, 0.25) is 11.7 Å². The average Bonchev–Trinajstić information content (AvgIpc) is 3.34. The smallest absolute Gasteiger partial charge is 0.269 e. The number of fused-ring (bicyclic) bond motifs is 2. The second-order valence-corrected chi connectivity index (χ2v) is 16.9. The Balaban J connectivity index is 1.38. The highest BCUT2D eigenvalue weighted by Gasteiger charge is 2.65. The van der Waals surface area contributed by atoms with Gasteiger partial charge in [0, 0.05) is 74.1 Å². The largest absolute Gasteiger partial charge is 0.459 e. The maximum atomic E-state index is 14.4. The van der Waals surface area contributed by atoms with E-state index in [0.717, 1.165) is 30.3 Å². The molecule has 0 radical (unpaired) electrons. The van der Waals surface area contributed by atoms with Gasteiger partial charge in [-0.2, -0.15) is 0 Å². The number of nitro groups is 2. The molecular formula is C51H54N4O12. The summed E-state index contributed by atoms with van der Waals surface area (Å²) >= 11 is 0. The van der Waals surface area contributed by atoms with E-state index in [4.69, 9.17) is 24.2 Å². The van der Waals surface area contributed by atoms with Crippen LogP contribution in [0.1, 0.15) is 77.9 Å². The number of nitrogens with zero attached hydrogens (tertiary/aromatic N) is 4. The van der Waals surface area contributed by atoms with E-state index in [2.05, 4.69) is 12.7 Å². The van der Waals surface area contributed by atoms with Gasteiger partial charge < -0.3 is 34.2 Å². The van der Waals surface area contributed by atoms with Gasteiger partial charge in [0.05, 0.1) is 28.1 Å². The number of hydrogen-bond acceptors (Lipinski definition) is 13. The number of aldehydes is 1. The molecule has 16 nitrogen and oxygen atoms in total. The number of nitro benzene ring substituents is 2. The molecule has 0 bridgehead atoms. The molecule has 1 saturated carbocycles. The zero-order valence-electron chi connectivity index (χ0n) is 37.2. The Labute approximate surface area is 388 Å². The molecule has 0 aromatic heterocycles. The number of aliphatic hydroxyl groups excluding tert-OH is 2. The zero-order valence-corrected chi connectivity index (χ0v) is 37.2. The van der Waals surface area contributed by atoms with Crippen molar-refractivity contribution in [3.8, 4) is 17.2 Å². The van der Waals surface area contributed by atoms with Gasteiger partial charge in [-0.3, -0.25) is 29.8 Å². The molecule has 1 heterocycles. The molecule has 6 atom stereocenters. The van der Waals surface area contributed by atoms with E-state index in [0.29, 0.717) is 65.3 Å². The Morgan fingerprint density at radius 1 is 0.910 bits per heavy atom. The fraction of sp³-hybridized carbons (Fsp3) is 0.353. The number of oxime groups is 1. The predicted octanol–water partition coefficient (Wildman–Crippen LogP) is 9.11. The molecule has 67 heavy (non-hydrogen) atoms. The van der Waals surface area contributed by atoms with Gasteiger partial charge >= 0.3 is 0 Å². The number of carbonyl (C=O) groups is 2. The highest BCUT2D eigenvalue weighted by Crippen LogP contribution is 2.62. The summed E-state index contributed by atoms with van der Waals surface area (Å²) in [4.78, 5) is 55.4. The van der Waals surface area contributed by atoms with Crippen molar-refractivity contribution in [3.05, 3.63) is 164 Å². The molecule has 0 unspecified atom stereocenters. The van der Waals surface area contributed by atoms with Crippen LogP contribution in [-0.2, 0) is 21.0 Å². The maximum Gasteiger partial charge on any atom is 0.269 e. The SMILES string of the molecule is C=CCO[C@@]12Oc3ccc(Oc4cccc(C=O)c4)cc3[C@H]3[C@H](CCCCO)[C@@H](CCCCO)C=C(C(=NOCc4ccc([N+](=O)[O-])cc4)C[C@@H]1N(C)C(=O)C=Cc1ccc([N+](=O)[O-])cc1)[C@H]32. The summed E-state index contributed by atoms with van der Waals surface area (Å²) in [5.74, 6) is -1.53. The van der Waals surface area contributed by atoms with Crippen LogP contribution in [-0.4, -0.2) is 81.6 Å². The Hall–Kier alpha value is -7.01. The minimum absolute atomic E-state index is 0.00651. The minimum atomic E-state index is -1.54. The first-order valence-corrected chi connectivity index (χ1v) is 22.4. The molecule has 4 aromatic carbocycles. The van der Waals surface area contributed by atoms with Gasteiger partial charge in [-0.05, 0) is 115 Å². The summed E-state index contributed by atoms with van der Waals surface area (Å²) in [5, 5.41) is 47.3. The van der Waals surface area contributed by atoms with Crippen LogP contribution in [0.3, 0.4) is 0 Å². The molecule has 1 amide bonds. The number of amides is 1. The first-order chi connectivity index (χ1) is 32.5. The van der Waals surface area contributed by atoms with Crippen molar-refractivity contribution < 1.29 is 48.7 Å². The molecule has 7 rings (SSSR count). The van der Waals surface area contributed by atoms with Gasteiger partial charge in [0.1, 0.15) is 36.2 Å². The van der Waals surface area contributed by atoms with Crippen LogP contribution >= 0.6 is 0 Å². The first kappa shape index (κ1) is 47.9. The molecular weight excluding hydrogens is 861 g/mol. The lowest BCUT2D eigenvalue weighted by atomic mass is 9.55. The summed E-state index contributed by atoms with van der Waals surface area (Å²) in [6.45, 7) is 4.07. The number of allylic oxidation sites excluding steroid dienone is 1. The number of non-ortho nitro benzene ring substituents is 2. The Morgan fingerprint density at radius 3 is 2.27 bits per heavy atom. The van der Waals surface area contributed by atoms with Gasteiger partial charge in [-0.15, -0.1) is 6.58 Å². The molecule has 350 valence electrons. The third-order valence-electron chi connectivity index (χ3n) is 12.8. The number of rotatable bonds is 22. The Morgan fingerprint density at radius 2 is 1.60 bits per heavy atom. The minimum Gasteiger partial charge on any atom is -0.459 e. The third-order valence-corrected chi connectivity index (χ3v) is 12.8. The van der Waals surface area contributed by atoms with E-state index in [1.165, 1.54) is 30.3 Å². The van der Waals surface area contributed by atoms with Crippen LogP contribution in [0.25, 0.3) is 6.08 Å². The van der Waals surface area contributed by atoms with Crippen LogP contribution in [0, 0.1) is 38.0 Å². The van der Waals surface area contributed by atoms with E-state index < -0.39 is 33.5 Å². The normalized spacial score (nSPS) is 22.2. The molecule has 0 saturated heterocycles. The van der Waals surface area contributed by atoms with Crippen LogP contribution < -0.4 is 9.47 Å². The van der Waals surface area contributed by atoms with E-state index in [-0.39, 0.29) is 62.0 Å². The first-order valence-electron chi connectivity index (χ1n) is 22.4. The fourth-order valence-electron chi connectivity index (χ4n) is 9.62. The monoisotopic (exact) mass is 914 g/mol. The van der Waals surface area contributed by atoms with Gasteiger partial charge in [-0.1, -0.05) is 42.3 Å². The summed E-state index contributed by atoms with van der Waals surface area (Å²) in [6, 6.07) is 23.4. The fourth-order valence-corrected chi connectivity index (χ4v) is 9.62. The van der Waals surface area contributed by atoms with Gasteiger partial charge in [0.15, 0.2) is 0 Å². The lowest BCUT2D eigenvalue weighted by molar-refractivity contribution is -0.385. The standard InChI is InChI=1S/C51H54N4O12/c1-3-27-64-51-47(53(2)48(59)24-17-34-13-18-38(19-14-34)54(60)61)31-45(52-65-33-35-15-20-39(21-16-35)55(62)63)43-29-37(10-4-6-25-56)42(12-5-7-26-57)49(50(43)51)44-30-41(22-23-46(44)67-51)66-40-11-8-9-36(28-40)32-58/h3,8-9,11,13-24,28-30,32,37,42,47,49-50,56-57H,1,4-7,10,12,25-27,31,33H2,2H3/t37-,42+,47-,49+,50+,51+/m0/s1. The molecule has 0 spiro atoms. The van der Waals surface area contributed by atoms with Crippen LogP contribution in [0.4, 0.5) is 11.4 Å². The zero-order chi connectivity index (χ0) is 47.5. The predicted molar refractivity (Wildman–Crippen MR) is 250 cm³/mol. The number of likely N-dealkylation sites (N-methyl/N-ethyl adjacent to an activating group) is 1. The molecule has 2 N–H and O–H groups in total. The van der Waals surface area contributed by atoms with Crippen molar-refractivity contribution in [1.29, 1.82) is 0 Å². The van der Waals surface area contributed by atoms with E-state index >= 15 is 0 Å². The molecule has 1 aliphatic heterocycles. The topological polar surface area (TPSA) is 213 Å². The average molecular weight is 915 g/mol.